The number of benzene rings is 2. The van der Waals surface area contributed by atoms with Gasteiger partial charge < -0.3 is 15.2 Å². The van der Waals surface area contributed by atoms with E-state index in [9.17, 15) is 9.59 Å². The predicted octanol–water partition coefficient (Wildman–Crippen LogP) is 3.52. The van der Waals surface area contributed by atoms with E-state index in [0.29, 0.717) is 19.4 Å². The first-order valence-electron chi connectivity index (χ1n) is 9.73. The molecule has 28 heavy (non-hydrogen) atoms. The minimum Gasteiger partial charge on any atom is -0.356 e. The molecule has 6 nitrogen and oxygen atoms in total. The zero-order valence-electron chi connectivity index (χ0n) is 16.1. The first kappa shape index (κ1) is 19.6. The summed E-state index contributed by atoms with van der Waals surface area (Å²) in [5.41, 5.74) is 2.59. The molecule has 3 rings (SSSR count). The molecule has 6 heteroatoms. The molecule has 2 N–H and O–H groups in total. The Hall–Kier alpha value is -3.15. The molecule has 0 spiro atoms. The van der Waals surface area contributed by atoms with Gasteiger partial charge in [0.1, 0.15) is 12.4 Å². The van der Waals surface area contributed by atoms with Crippen molar-refractivity contribution in [1.82, 2.24) is 14.9 Å². The number of para-hydroxylation sites is 3. The first-order chi connectivity index (χ1) is 13.7. The quantitative estimate of drug-likeness (QED) is 0.559. The molecule has 1 heterocycles. The van der Waals surface area contributed by atoms with E-state index in [1.807, 2.05) is 66.1 Å². The highest BCUT2D eigenvalue weighted by molar-refractivity contribution is 5.91. The van der Waals surface area contributed by atoms with Crippen molar-refractivity contribution in [2.24, 2.45) is 0 Å². The number of aryl methyl sites for hydroxylation is 1. The third-order valence-corrected chi connectivity index (χ3v) is 4.47. The summed E-state index contributed by atoms with van der Waals surface area (Å²) in [6.45, 7) is 2.80. The number of imidazole rings is 1. The molecule has 1 aromatic heterocycles. The Bertz CT molecular complexity index is 934. The minimum absolute atomic E-state index is 0.0817. The fourth-order valence-electron chi connectivity index (χ4n) is 3.15. The second kappa shape index (κ2) is 9.69. The van der Waals surface area contributed by atoms with Crippen molar-refractivity contribution in [2.45, 2.75) is 39.2 Å². The van der Waals surface area contributed by atoms with Crippen LogP contribution in [0.15, 0.2) is 54.6 Å². The lowest BCUT2D eigenvalue weighted by Crippen LogP contribution is -2.25. The zero-order valence-corrected chi connectivity index (χ0v) is 16.1. The van der Waals surface area contributed by atoms with Crippen LogP contribution >= 0.6 is 0 Å². The van der Waals surface area contributed by atoms with Crippen LogP contribution in [0.2, 0.25) is 0 Å². The maximum Gasteiger partial charge on any atom is 0.244 e. The van der Waals surface area contributed by atoms with Crippen LogP contribution in [0.3, 0.4) is 0 Å². The van der Waals surface area contributed by atoms with Gasteiger partial charge in [-0.05, 0) is 37.1 Å². The zero-order chi connectivity index (χ0) is 19.8. The molecule has 0 atom stereocenters. The molecule has 0 unspecified atom stereocenters. The molecule has 0 radical (unpaired) electrons. The van der Waals surface area contributed by atoms with Crippen molar-refractivity contribution in [2.75, 3.05) is 11.9 Å². The number of nitrogens with zero attached hydrogens (tertiary/aromatic N) is 2. The van der Waals surface area contributed by atoms with E-state index in [1.165, 1.54) is 0 Å². The van der Waals surface area contributed by atoms with Gasteiger partial charge in [0, 0.05) is 25.1 Å². The van der Waals surface area contributed by atoms with Gasteiger partial charge >= 0.3 is 0 Å². The smallest absolute Gasteiger partial charge is 0.244 e. The molecule has 0 aliphatic carbocycles. The van der Waals surface area contributed by atoms with Crippen LogP contribution < -0.4 is 10.6 Å². The number of hydrogen-bond acceptors (Lipinski definition) is 3. The molecule has 3 aromatic rings. The second-order valence-electron chi connectivity index (χ2n) is 6.72. The molecule has 0 aliphatic heterocycles. The van der Waals surface area contributed by atoms with E-state index >= 15 is 0 Å². The number of hydrogen-bond donors (Lipinski definition) is 2. The number of amides is 2. The molecule has 2 amide bonds. The topological polar surface area (TPSA) is 76.0 Å². The van der Waals surface area contributed by atoms with Gasteiger partial charge in [-0.2, -0.15) is 0 Å². The number of aromatic nitrogens is 2. The maximum absolute atomic E-state index is 12.6. The minimum atomic E-state index is -0.0909. The van der Waals surface area contributed by atoms with E-state index in [1.54, 1.807) is 0 Å². The highest BCUT2D eigenvalue weighted by atomic mass is 16.2. The van der Waals surface area contributed by atoms with Crippen molar-refractivity contribution in [3.63, 3.8) is 0 Å². The number of fused-ring (bicyclic) bond motifs is 1. The van der Waals surface area contributed by atoms with E-state index in [-0.39, 0.29) is 18.4 Å². The Labute approximate surface area is 165 Å². The summed E-state index contributed by atoms with van der Waals surface area (Å²) >= 11 is 0. The Kier molecular flexibility index (Phi) is 6.78. The van der Waals surface area contributed by atoms with Gasteiger partial charge in [-0.15, -0.1) is 0 Å². The molecule has 0 bridgehead atoms. The van der Waals surface area contributed by atoms with Crippen LogP contribution in [0.4, 0.5) is 5.69 Å². The summed E-state index contributed by atoms with van der Waals surface area (Å²) in [4.78, 5) is 28.8. The van der Waals surface area contributed by atoms with Gasteiger partial charge in [0.25, 0.3) is 0 Å². The van der Waals surface area contributed by atoms with Crippen molar-refractivity contribution in [1.29, 1.82) is 0 Å². The second-order valence-corrected chi connectivity index (χ2v) is 6.72. The fourth-order valence-corrected chi connectivity index (χ4v) is 3.15. The van der Waals surface area contributed by atoms with E-state index in [0.717, 1.165) is 35.4 Å². The lowest BCUT2D eigenvalue weighted by molar-refractivity contribution is -0.121. The van der Waals surface area contributed by atoms with Crippen LogP contribution in [0.25, 0.3) is 11.0 Å². The summed E-state index contributed by atoms with van der Waals surface area (Å²) in [6, 6.07) is 17.2. The summed E-state index contributed by atoms with van der Waals surface area (Å²) < 4.78 is 1.96. The van der Waals surface area contributed by atoms with Crippen molar-refractivity contribution in [3.8, 4) is 0 Å². The van der Waals surface area contributed by atoms with E-state index < -0.39 is 0 Å². The van der Waals surface area contributed by atoms with Crippen molar-refractivity contribution >= 4 is 28.5 Å². The molecule has 146 valence electrons. The molecule has 0 aliphatic rings. The molecule has 0 saturated heterocycles. The first-order valence-corrected chi connectivity index (χ1v) is 9.73. The van der Waals surface area contributed by atoms with E-state index in [2.05, 4.69) is 10.6 Å². The van der Waals surface area contributed by atoms with Gasteiger partial charge in [-0.1, -0.05) is 37.3 Å². The number of anilines is 1. The number of carbonyl (C=O) groups excluding carboxylic acids is 2. The van der Waals surface area contributed by atoms with Gasteiger partial charge in [0.15, 0.2) is 0 Å². The van der Waals surface area contributed by atoms with Crippen LogP contribution in [0.1, 0.15) is 32.0 Å². The Morgan fingerprint density at radius 1 is 1.00 bits per heavy atom. The lowest BCUT2D eigenvalue weighted by atomic mass is 10.2. The predicted molar refractivity (Wildman–Crippen MR) is 111 cm³/mol. The molecule has 0 fully saturated rings. The Morgan fingerprint density at radius 2 is 1.75 bits per heavy atom. The van der Waals surface area contributed by atoms with Gasteiger partial charge in [-0.3, -0.25) is 9.59 Å². The molecular weight excluding hydrogens is 352 g/mol. The fraction of sp³-hybridized carbons (Fsp3) is 0.318. The van der Waals surface area contributed by atoms with Gasteiger partial charge in [0.2, 0.25) is 11.8 Å². The largest absolute Gasteiger partial charge is 0.356 e. The SMILES string of the molecule is CCCC(=O)NCCCc1nc2ccccc2n1CC(=O)Nc1ccccc1. The monoisotopic (exact) mass is 378 g/mol. The van der Waals surface area contributed by atoms with Crippen LogP contribution in [0, 0.1) is 0 Å². The van der Waals surface area contributed by atoms with Crippen LogP contribution in [-0.4, -0.2) is 27.9 Å². The highest BCUT2D eigenvalue weighted by Crippen LogP contribution is 2.17. The normalized spacial score (nSPS) is 10.8. The van der Waals surface area contributed by atoms with Gasteiger partial charge in [0.05, 0.1) is 11.0 Å². The number of rotatable bonds is 9. The number of nitrogens with one attached hydrogen (secondary N) is 2. The lowest BCUT2D eigenvalue weighted by Gasteiger charge is -2.10. The summed E-state index contributed by atoms with van der Waals surface area (Å²) in [5.74, 6) is 0.847. The molecular formula is C22H26N4O2. The Balaban J connectivity index is 1.68. The van der Waals surface area contributed by atoms with Crippen molar-refractivity contribution < 1.29 is 9.59 Å². The van der Waals surface area contributed by atoms with Crippen molar-refractivity contribution in [3.05, 3.63) is 60.4 Å². The number of carbonyl (C=O) groups is 2. The summed E-state index contributed by atoms with van der Waals surface area (Å²) in [7, 11) is 0. The van der Waals surface area contributed by atoms with Gasteiger partial charge in [-0.25, -0.2) is 4.98 Å². The summed E-state index contributed by atoms with van der Waals surface area (Å²) in [6.07, 6.45) is 2.87. The van der Waals surface area contributed by atoms with E-state index in [4.69, 9.17) is 4.98 Å². The third-order valence-electron chi connectivity index (χ3n) is 4.47. The van der Waals surface area contributed by atoms with Crippen LogP contribution in [-0.2, 0) is 22.6 Å². The average Bonchev–Trinajstić information content (AvgIpc) is 3.04. The third kappa shape index (κ3) is 5.19. The standard InChI is InChI=1S/C22H26N4O2/c1-2-9-21(27)23-15-8-14-20-25-18-12-6-7-13-19(18)26(20)16-22(28)24-17-10-4-3-5-11-17/h3-7,10-13H,2,8-9,14-16H2,1H3,(H,23,27)(H,24,28). The van der Waals surface area contributed by atoms with Crippen LogP contribution in [0.5, 0.6) is 0 Å². The molecule has 2 aromatic carbocycles. The maximum atomic E-state index is 12.6. The average molecular weight is 378 g/mol. The highest BCUT2D eigenvalue weighted by Gasteiger charge is 2.13. The Morgan fingerprint density at radius 3 is 2.54 bits per heavy atom. The molecule has 0 saturated carbocycles. The summed E-state index contributed by atoms with van der Waals surface area (Å²) in [5, 5.41) is 5.85.